The van der Waals surface area contributed by atoms with Gasteiger partial charge in [0.15, 0.2) is 9.84 Å². The number of hydrogen-bond acceptors (Lipinski definition) is 5. The van der Waals surface area contributed by atoms with Gasteiger partial charge in [0.05, 0.1) is 10.9 Å². The van der Waals surface area contributed by atoms with Gasteiger partial charge in [-0.2, -0.15) is 0 Å². The lowest BCUT2D eigenvalue weighted by molar-refractivity contribution is 0.0821. The number of nitrogens with zero attached hydrogens (tertiary/aromatic N) is 1. The van der Waals surface area contributed by atoms with E-state index in [9.17, 15) is 8.42 Å². The number of hydrogen-bond donors (Lipinski definition) is 1. The Bertz CT molecular complexity index is 988. The molecule has 1 saturated heterocycles. The second-order valence-electron chi connectivity index (χ2n) is 7.65. The Labute approximate surface area is 181 Å². The molecule has 0 amide bonds. The highest BCUT2D eigenvalue weighted by Gasteiger charge is 2.39. The molecule has 1 N–H and O–H groups in total. The quantitative estimate of drug-likeness (QED) is 0.762. The fraction of sp³-hybridized carbons (Fsp3) is 0.429. The lowest BCUT2D eigenvalue weighted by Crippen LogP contribution is -2.42. The summed E-state index contributed by atoms with van der Waals surface area (Å²) >= 11 is 12.8. The smallest absolute Gasteiger partial charge is 0.175 e. The van der Waals surface area contributed by atoms with Crippen molar-refractivity contribution in [2.45, 2.75) is 29.9 Å². The fourth-order valence-electron chi connectivity index (χ4n) is 4.19. The minimum absolute atomic E-state index is 0.149. The molecular weight excluding hydrogens is 431 g/mol. The fourth-order valence-corrected chi connectivity index (χ4v) is 5.41. The van der Waals surface area contributed by atoms with Gasteiger partial charge in [-0.3, -0.25) is 4.90 Å². The first-order valence-corrected chi connectivity index (χ1v) is 12.4. The van der Waals surface area contributed by atoms with E-state index in [4.69, 9.17) is 27.9 Å². The highest BCUT2D eigenvalue weighted by atomic mass is 35.5. The standard InChI is InChI=1S/C21H24Cl2N2O3S/c1-29(26,27)16-5-3-15(4-6-16)28-21-18-11-14(22)12-19(23)17(18)13-20(21)25-9-2-7-24-8-10-25/h3-6,11-12,20-21,24H,2,7-10,13H2,1H3/t20-,21-/m0/s1. The van der Waals surface area contributed by atoms with Crippen molar-refractivity contribution in [1.82, 2.24) is 10.2 Å². The number of sulfone groups is 1. The van der Waals surface area contributed by atoms with Crippen LogP contribution in [0, 0.1) is 0 Å². The van der Waals surface area contributed by atoms with Crippen LogP contribution in [0.3, 0.4) is 0 Å². The van der Waals surface area contributed by atoms with Gasteiger partial charge in [-0.05, 0) is 67.9 Å². The van der Waals surface area contributed by atoms with E-state index in [0.29, 0.717) is 15.8 Å². The number of nitrogens with one attached hydrogen (secondary N) is 1. The van der Waals surface area contributed by atoms with Crippen LogP contribution in [-0.4, -0.2) is 51.8 Å². The summed E-state index contributed by atoms with van der Waals surface area (Å²) in [5.74, 6) is 0.629. The molecule has 1 aliphatic carbocycles. The Balaban J connectivity index is 1.67. The van der Waals surface area contributed by atoms with E-state index in [2.05, 4.69) is 10.2 Å². The molecule has 0 saturated carbocycles. The third kappa shape index (κ3) is 4.57. The summed E-state index contributed by atoms with van der Waals surface area (Å²) in [7, 11) is -3.24. The van der Waals surface area contributed by atoms with Crippen molar-refractivity contribution in [2.75, 3.05) is 32.4 Å². The van der Waals surface area contributed by atoms with Crippen LogP contribution in [0.25, 0.3) is 0 Å². The first kappa shape index (κ1) is 20.9. The van der Waals surface area contributed by atoms with Gasteiger partial charge in [0.25, 0.3) is 0 Å². The second-order valence-corrected chi connectivity index (χ2v) is 10.5. The third-order valence-corrected chi connectivity index (χ3v) is 7.31. The number of rotatable bonds is 4. The molecule has 2 atom stereocenters. The number of ether oxygens (including phenoxy) is 1. The summed E-state index contributed by atoms with van der Waals surface area (Å²) < 4.78 is 29.9. The minimum atomic E-state index is -3.24. The second kappa shape index (κ2) is 8.44. The van der Waals surface area contributed by atoms with Crippen LogP contribution in [0.2, 0.25) is 10.0 Å². The van der Waals surface area contributed by atoms with Crippen molar-refractivity contribution in [1.29, 1.82) is 0 Å². The predicted molar refractivity (Wildman–Crippen MR) is 116 cm³/mol. The molecule has 0 unspecified atom stereocenters. The van der Waals surface area contributed by atoms with Crippen molar-refractivity contribution >= 4 is 33.0 Å². The minimum Gasteiger partial charge on any atom is -0.484 e. The van der Waals surface area contributed by atoms with Crippen LogP contribution in [0.15, 0.2) is 41.3 Å². The topological polar surface area (TPSA) is 58.6 Å². The van der Waals surface area contributed by atoms with Gasteiger partial charge in [-0.15, -0.1) is 0 Å². The van der Waals surface area contributed by atoms with E-state index in [1.165, 1.54) is 6.26 Å². The Morgan fingerprint density at radius 2 is 1.86 bits per heavy atom. The molecule has 29 heavy (non-hydrogen) atoms. The van der Waals surface area contributed by atoms with Gasteiger partial charge < -0.3 is 10.1 Å². The summed E-state index contributed by atoms with van der Waals surface area (Å²) in [6, 6.07) is 10.5. The largest absolute Gasteiger partial charge is 0.484 e. The SMILES string of the molecule is CS(=O)(=O)c1ccc(O[C@H]2c3cc(Cl)cc(Cl)c3C[C@@H]2N2CCCNCC2)cc1. The monoisotopic (exact) mass is 454 g/mol. The van der Waals surface area contributed by atoms with Crippen molar-refractivity contribution in [2.24, 2.45) is 0 Å². The number of fused-ring (bicyclic) bond motifs is 1. The maximum atomic E-state index is 11.7. The van der Waals surface area contributed by atoms with E-state index in [0.717, 1.165) is 50.1 Å². The van der Waals surface area contributed by atoms with Crippen LogP contribution in [-0.2, 0) is 16.3 Å². The van der Waals surface area contributed by atoms with Crippen molar-refractivity contribution in [3.05, 3.63) is 57.6 Å². The Morgan fingerprint density at radius 3 is 2.59 bits per heavy atom. The van der Waals surface area contributed by atoms with E-state index in [-0.39, 0.29) is 17.0 Å². The summed E-state index contributed by atoms with van der Waals surface area (Å²) in [5, 5.41) is 4.70. The molecule has 1 fully saturated rings. The maximum absolute atomic E-state index is 11.7. The lowest BCUT2D eigenvalue weighted by atomic mass is 10.1. The zero-order valence-electron chi connectivity index (χ0n) is 16.2. The molecule has 0 aromatic heterocycles. The first-order chi connectivity index (χ1) is 13.8. The average Bonchev–Trinajstić information content (AvgIpc) is 2.84. The van der Waals surface area contributed by atoms with Gasteiger partial charge in [-0.1, -0.05) is 23.2 Å². The normalized spacial score (nSPS) is 22.9. The lowest BCUT2D eigenvalue weighted by Gasteiger charge is -2.32. The van der Waals surface area contributed by atoms with Gasteiger partial charge in [-0.25, -0.2) is 8.42 Å². The van der Waals surface area contributed by atoms with Crippen molar-refractivity contribution in [3.63, 3.8) is 0 Å². The Morgan fingerprint density at radius 1 is 1.10 bits per heavy atom. The van der Waals surface area contributed by atoms with Gasteiger partial charge in [0.1, 0.15) is 11.9 Å². The van der Waals surface area contributed by atoms with Crippen LogP contribution >= 0.6 is 23.2 Å². The summed E-state index contributed by atoms with van der Waals surface area (Å²) in [5.41, 5.74) is 2.09. The molecule has 5 nitrogen and oxygen atoms in total. The van der Waals surface area contributed by atoms with Crippen molar-refractivity contribution in [3.8, 4) is 5.75 Å². The van der Waals surface area contributed by atoms with Gasteiger partial charge in [0.2, 0.25) is 0 Å². The van der Waals surface area contributed by atoms with Crippen LogP contribution in [0.5, 0.6) is 5.75 Å². The molecule has 0 spiro atoms. The maximum Gasteiger partial charge on any atom is 0.175 e. The molecule has 1 heterocycles. The average molecular weight is 455 g/mol. The molecule has 4 rings (SSSR count). The molecule has 2 aliphatic rings. The van der Waals surface area contributed by atoms with E-state index in [1.54, 1.807) is 30.3 Å². The molecule has 156 valence electrons. The number of halogens is 2. The zero-order valence-corrected chi connectivity index (χ0v) is 18.5. The first-order valence-electron chi connectivity index (χ1n) is 9.72. The zero-order chi connectivity index (χ0) is 20.6. The van der Waals surface area contributed by atoms with Crippen molar-refractivity contribution < 1.29 is 13.2 Å². The summed E-state index contributed by atoms with van der Waals surface area (Å²) in [6.07, 6.45) is 2.86. The predicted octanol–water partition coefficient (Wildman–Crippen LogP) is 3.74. The molecule has 2 aromatic rings. The van der Waals surface area contributed by atoms with E-state index in [1.807, 2.05) is 6.07 Å². The molecule has 0 bridgehead atoms. The van der Waals surface area contributed by atoms with E-state index >= 15 is 0 Å². The van der Waals surface area contributed by atoms with Crippen LogP contribution < -0.4 is 10.1 Å². The third-order valence-electron chi connectivity index (χ3n) is 5.62. The van der Waals surface area contributed by atoms with Gasteiger partial charge in [0, 0.05) is 35.0 Å². The van der Waals surface area contributed by atoms with Gasteiger partial charge >= 0.3 is 0 Å². The molecule has 8 heteroatoms. The van der Waals surface area contributed by atoms with Crippen LogP contribution in [0.4, 0.5) is 0 Å². The van der Waals surface area contributed by atoms with Crippen LogP contribution in [0.1, 0.15) is 23.7 Å². The highest BCUT2D eigenvalue weighted by molar-refractivity contribution is 7.90. The number of benzene rings is 2. The Kier molecular flexibility index (Phi) is 6.09. The molecule has 0 radical (unpaired) electrons. The summed E-state index contributed by atoms with van der Waals surface area (Å²) in [6.45, 7) is 3.89. The Hall–Kier alpha value is -1.31. The van der Waals surface area contributed by atoms with E-state index < -0.39 is 9.84 Å². The molecule has 2 aromatic carbocycles. The summed E-state index contributed by atoms with van der Waals surface area (Å²) in [4.78, 5) is 2.73. The highest BCUT2D eigenvalue weighted by Crippen LogP contribution is 2.42. The molecule has 1 aliphatic heterocycles. The molecular formula is C21H24Cl2N2O3S.